The second-order valence-electron chi connectivity index (χ2n) is 12.7. The van der Waals surface area contributed by atoms with E-state index >= 15 is 0 Å². The summed E-state index contributed by atoms with van der Waals surface area (Å²) in [5, 5.41) is 3.56. The topological polar surface area (TPSA) is 26.5 Å². The van der Waals surface area contributed by atoms with E-state index in [-0.39, 0.29) is 0 Å². The summed E-state index contributed by atoms with van der Waals surface area (Å²) in [5.74, 6) is 1.79. The highest BCUT2D eigenvalue weighted by Crippen LogP contribution is 2.62. The van der Waals surface area contributed by atoms with Gasteiger partial charge in [-0.3, -0.25) is 4.40 Å². The van der Waals surface area contributed by atoms with Crippen LogP contribution < -0.4 is 4.74 Å². The highest BCUT2D eigenvalue weighted by molar-refractivity contribution is 6.14. The van der Waals surface area contributed by atoms with Crippen LogP contribution in [-0.4, -0.2) is 9.38 Å². The smallest absolute Gasteiger partial charge is 0.146 e. The van der Waals surface area contributed by atoms with E-state index in [0.29, 0.717) is 0 Å². The summed E-state index contributed by atoms with van der Waals surface area (Å²) in [7, 11) is 0. The van der Waals surface area contributed by atoms with E-state index in [1.54, 1.807) is 0 Å². The van der Waals surface area contributed by atoms with Crippen LogP contribution >= 0.6 is 0 Å². The molecule has 2 aromatic heterocycles. The Labute approximate surface area is 271 Å². The largest absolute Gasteiger partial charge is 0.457 e. The van der Waals surface area contributed by atoms with Crippen molar-refractivity contribution in [1.29, 1.82) is 0 Å². The van der Waals surface area contributed by atoms with Crippen molar-refractivity contribution in [3.05, 3.63) is 180 Å². The molecule has 0 saturated carbocycles. The second kappa shape index (κ2) is 8.96. The zero-order chi connectivity index (χ0) is 30.7. The molecule has 0 N–H and O–H groups in total. The molecule has 0 bridgehead atoms. The number of fused-ring (bicyclic) bond motifs is 17. The first kappa shape index (κ1) is 25.1. The lowest BCUT2D eigenvalue weighted by Gasteiger charge is -2.39. The molecule has 7 aromatic carbocycles. The van der Waals surface area contributed by atoms with Crippen LogP contribution in [0.5, 0.6) is 11.5 Å². The molecular weight excluding hydrogens is 572 g/mol. The minimum atomic E-state index is -0.458. The zero-order valence-electron chi connectivity index (χ0n) is 25.3. The van der Waals surface area contributed by atoms with Crippen LogP contribution in [0.1, 0.15) is 22.3 Å². The number of imidazole rings is 1. The van der Waals surface area contributed by atoms with Crippen molar-refractivity contribution in [3.8, 4) is 33.8 Å². The van der Waals surface area contributed by atoms with Gasteiger partial charge in [0, 0.05) is 21.9 Å². The van der Waals surface area contributed by atoms with Crippen molar-refractivity contribution < 1.29 is 4.74 Å². The summed E-state index contributed by atoms with van der Waals surface area (Å²) in [4.78, 5) is 5.15. The number of hydrogen-bond acceptors (Lipinski definition) is 2. The van der Waals surface area contributed by atoms with Crippen molar-refractivity contribution in [3.63, 3.8) is 0 Å². The lowest BCUT2D eigenvalue weighted by atomic mass is 9.66. The van der Waals surface area contributed by atoms with Gasteiger partial charge in [-0.2, -0.15) is 0 Å². The van der Waals surface area contributed by atoms with Crippen molar-refractivity contribution in [2.45, 2.75) is 5.41 Å². The lowest BCUT2D eigenvalue weighted by molar-refractivity contribution is 0.436. The molecule has 3 heterocycles. The fraction of sp³-hybridized carbons (Fsp3) is 0.0227. The van der Waals surface area contributed by atoms with E-state index < -0.39 is 5.41 Å². The molecule has 0 atom stereocenters. The molecule has 0 fully saturated rings. The Kier molecular flexibility index (Phi) is 4.78. The number of para-hydroxylation sites is 4. The van der Waals surface area contributed by atoms with Crippen LogP contribution in [0, 0.1) is 0 Å². The van der Waals surface area contributed by atoms with E-state index in [1.165, 1.54) is 49.7 Å². The number of rotatable bonds is 1. The third kappa shape index (κ3) is 3.13. The molecule has 0 saturated heterocycles. The molecule has 9 aromatic rings. The fourth-order valence-corrected chi connectivity index (χ4v) is 8.53. The molecule has 2 aliphatic rings. The van der Waals surface area contributed by atoms with Gasteiger partial charge in [0.2, 0.25) is 0 Å². The molecule has 3 nitrogen and oxygen atoms in total. The van der Waals surface area contributed by atoms with E-state index in [4.69, 9.17) is 9.72 Å². The zero-order valence-corrected chi connectivity index (χ0v) is 25.3. The Morgan fingerprint density at radius 1 is 0.447 bits per heavy atom. The molecule has 0 unspecified atom stereocenters. The van der Waals surface area contributed by atoms with Crippen molar-refractivity contribution in [1.82, 2.24) is 9.38 Å². The molecule has 11 rings (SSSR count). The van der Waals surface area contributed by atoms with Crippen molar-refractivity contribution in [2.75, 3.05) is 0 Å². The Bertz CT molecular complexity index is 2740. The molecule has 1 aliphatic heterocycles. The molecular formula is C44H26N2O. The molecule has 1 aliphatic carbocycles. The Morgan fingerprint density at radius 3 is 1.89 bits per heavy atom. The highest BCUT2D eigenvalue weighted by Gasteiger charge is 2.50. The number of hydrogen-bond donors (Lipinski definition) is 0. The van der Waals surface area contributed by atoms with Gasteiger partial charge in [0.1, 0.15) is 17.1 Å². The van der Waals surface area contributed by atoms with Gasteiger partial charge < -0.3 is 4.74 Å². The van der Waals surface area contributed by atoms with Gasteiger partial charge in [0.25, 0.3) is 0 Å². The SMILES string of the molecule is c1ccc2c(c1)Oc1cc(-c3ccc4c5ccccc5n5c6ccccc6nc5c4c3)ccc1C21c2ccccc2-c2ccccc21. The minimum Gasteiger partial charge on any atom is -0.457 e. The maximum absolute atomic E-state index is 6.80. The lowest BCUT2D eigenvalue weighted by Crippen LogP contribution is -2.32. The summed E-state index contributed by atoms with van der Waals surface area (Å²) in [6.07, 6.45) is 0. The van der Waals surface area contributed by atoms with Gasteiger partial charge in [-0.05, 0) is 75.2 Å². The Hall–Kier alpha value is -6.19. The van der Waals surface area contributed by atoms with E-state index in [0.717, 1.165) is 44.7 Å². The number of benzene rings is 7. The normalized spacial score (nSPS) is 13.9. The highest BCUT2D eigenvalue weighted by atomic mass is 16.5. The third-order valence-electron chi connectivity index (χ3n) is 10.4. The van der Waals surface area contributed by atoms with Crippen LogP contribution in [0.25, 0.3) is 60.6 Å². The molecule has 0 amide bonds. The van der Waals surface area contributed by atoms with E-state index in [1.807, 2.05) is 0 Å². The summed E-state index contributed by atoms with van der Waals surface area (Å²) in [6, 6.07) is 56.9. The summed E-state index contributed by atoms with van der Waals surface area (Å²) in [5.41, 5.74) is 13.6. The van der Waals surface area contributed by atoms with E-state index in [9.17, 15) is 0 Å². The van der Waals surface area contributed by atoms with Gasteiger partial charge in [-0.25, -0.2) is 4.98 Å². The maximum Gasteiger partial charge on any atom is 0.146 e. The number of ether oxygens (including phenoxy) is 1. The summed E-state index contributed by atoms with van der Waals surface area (Å²) < 4.78 is 9.10. The average molecular weight is 599 g/mol. The van der Waals surface area contributed by atoms with Crippen LogP contribution in [0.4, 0.5) is 0 Å². The minimum absolute atomic E-state index is 0.458. The van der Waals surface area contributed by atoms with Crippen molar-refractivity contribution in [2.24, 2.45) is 0 Å². The molecule has 3 heteroatoms. The first-order chi connectivity index (χ1) is 23.3. The maximum atomic E-state index is 6.80. The van der Waals surface area contributed by atoms with Crippen LogP contribution in [0.15, 0.2) is 158 Å². The fourth-order valence-electron chi connectivity index (χ4n) is 8.53. The van der Waals surface area contributed by atoms with Gasteiger partial charge in [-0.15, -0.1) is 0 Å². The first-order valence-corrected chi connectivity index (χ1v) is 16.1. The van der Waals surface area contributed by atoms with Gasteiger partial charge in [0.05, 0.1) is 22.0 Å². The third-order valence-corrected chi connectivity index (χ3v) is 10.4. The van der Waals surface area contributed by atoms with Crippen LogP contribution in [-0.2, 0) is 5.41 Å². The molecule has 47 heavy (non-hydrogen) atoms. The standard InChI is InChI=1S/C44H26N2O/c1-4-14-34-30(11-1)31-12-2-5-15-35(31)44(34)36-16-6-10-20-41(36)47-42-26-28(22-24-37(42)44)27-21-23-29-32-13-3-8-18-39(32)46-40-19-9-7-17-38(40)45-43(46)33(29)25-27/h1-26H. The van der Waals surface area contributed by atoms with Crippen molar-refractivity contribution >= 4 is 38.4 Å². The molecule has 218 valence electrons. The predicted octanol–water partition coefficient (Wildman–Crippen LogP) is 10.9. The monoisotopic (exact) mass is 598 g/mol. The molecule has 1 spiro atoms. The average Bonchev–Trinajstić information content (AvgIpc) is 3.67. The summed E-state index contributed by atoms with van der Waals surface area (Å²) >= 11 is 0. The predicted molar refractivity (Wildman–Crippen MR) is 191 cm³/mol. The Morgan fingerprint density at radius 2 is 1.06 bits per heavy atom. The van der Waals surface area contributed by atoms with E-state index in [2.05, 4.69) is 162 Å². The number of aromatic nitrogens is 2. The van der Waals surface area contributed by atoms with Gasteiger partial charge in [0.15, 0.2) is 0 Å². The van der Waals surface area contributed by atoms with Crippen LogP contribution in [0.3, 0.4) is 0 Å². The van der Waals surface area contributed by atoms with Gasteiger partial charge in [-0.1, -0.05) is 121 Å². The Balaban J connectivity index is 1.17. The molecule has 0 radical (unpaired) electrons. The number of nitrogens with zero attached hydrogens (tertiary/aromatic N) is 2. The summed E-state index contributed by atoms with van der Waals surface area (Å²) in [6.45, 7) is 0. The number of pyridine rings is 1. The first-order valence-electron chi connectivity index (χ1n) is 16.1. The van der Waals surface area contributed by atoms with Crippen LogP contribution in [0.2, 0.25) is 0 Å². The quantitative estimate of drug-likeness (QED) is 0.176. The van der Waals surface area contributed by atoms with Gasteiger partial charge >= 0.3 is 0 Å². The second-order valence-corrected chi connectivity index (χ2v) is 12.7.